The molecule has 1 rings (SSSR count). The molecule has 0 aliphatic heterocycles. The highest BCUT2D eigenvalue weighted by molar-refractivity contribution is 5.71. The van der Waals surface area contributed by atoms with Crippen molar-refractivity contribution in [2.75, 3.05) is 7.05 Å². The van der Waals surface area contributed by atoms with Crippen molar-refractivity contribution in [3.8, 4) is 0 Å². The molecule has 0 amide bonds. The summed E-state index contributed by atoms with van der Waals surface area (Å²) in [5, 5.41) is 0. The van der Waals surface area contributed by atoms with Crippen molar-refractivity contribution in [3.63, 3.8) is 0 Å². The topological polar surface area (TPSA) is 38.9 Å². The fourth-order valence-corrected chi connectivity index (χ4v) is 2.29. The van der Waals surface area contributed by atoms with Crippen molar-refractivity contribution >= 4 is 11.1 Å². The first-order chi connectivity index (χ1) is 16.5. The number of aryl methyl sites for hydroxylation is 1. The van der Waals surface area contributed by atoms with Crippen LogP contribution < -0.4 is 5.73 Å². The highest BCUT2D eigenvalue weighted by Gasteiger charge is 2.13. The Hall–Kier alpha value is -2.19. The van der Waals surface area contributed by atoms with Crippen LogP contribution in [0.25, 0.3) is 11.1 Å². The second kappa shape index (κ2) is 36.4. The van der Waals surface area contributed by atoms with Crippen molar-refractivity contribution in [1.82, 2.24) is 4.98 Å². The van der Waals surface area contributed by atoms with Crippen LogP contribution >= 0.6 is 0 Å². The number of nitrogens with zero attached hydrogens (tertiary/aromatic N) is 1. The first kappa shape index (κ1) is 46.2. The van der Waals surface area contributed by atoms with Gasteiger partial charge in [0.05, 0.1) is 5.69 Å². The molecule has 0 saturated heterocycles. The second-order valence-electron chi connectivity index (χ2n) is 7.24. The molecule has 0 bridgehead atoms. The molecule has 1 heterocycles. The van der Waals surface area contributed by atoms with Gasteiger partial charge in [0, 0.05) is 5.69 Å². The molecule has 0 aromatic carbocycles. The van der Waals surface area contributed by atoms with E-state index in [1.165, 1.54) is 29.3 Å². The number of nitrogens with two attached hydrogens (primary N) is 1. The Morgan fingerprint density at radius 3 is 1.46 bits per heavy atom. The van der Waals surface area contributed by atoms with Gasteiger partial charge in [-0.1, -0.05) is 103 Å². The normalized spacial score (nSPS) is 9.29. The van der Waals surface area contributed by atoms with E-state index in [1.54, 1.807) is 0 Å². The summed E-state index contributed by atoms with van der Waals surface area (Å²) in [6, 6.07) is 2.17. The lowest BCUT2D eigenvalue weighted by Gasteiger charge is -2.17. The van der Waals surface area contributed by atoms with Crippen LogP contribution in [-0.2, 0) is 0 Å². The fourth-order valence-electron chi connectivity index (χ4n) is 2.29. The first-order valence-electron chi connectivity index (χ1n) is 13.3. The summed E-state index contributed by atoms with van der Waals surface area (Å²) < 4.78 is 0. The smallest absolute Gasteiger partial charge is 0.0668 e. The number of hydrogen-bond donors (Lipinski definition) is 1. The monoisotopic (exact) mass is 489 g/mol. The Kier molecular flexibility index (Phi) is 48.0. The number of pyridine rings is 1. The van der Waals surface area contributed by atoms with Gasteiger partial charge in [0.15, 0.2) is 0 Å². The largest absolute Gasteiger partial charge is 0.333 e. The van der Waals surface area contributed by atoms with Crippen LogP contribution in [0.5, 0.6) is 0 Å². The molecule has 0 unspecified atom stereocenters. The third kappa shape index (κ3) is 29.8. The Balaban J connectivity index is -0.000000109. The molecular formula is C33H64N2. The zero-order chi connectivity index (χ0) is 29.6. The average molecular weight is 489 g/mol. The summed E-state index contributed by atoms with van der Waals surface area (Å²) in [4.78, 5) is 4.75. The molecule has 0 aliphatic rings. The SMILES string of the molecule is C/C=C\C.C=C(C)C.C=C(C)c1cc(/C(C)=C/C=C\C)nc(C)c1C(C)C.CC.CC.CC.CN. The van der Waals surface area contributed by atoms with Crippen LogP contribution in [0.4, 0.5) is 0 Å². The van der Waals surface area contributed by atoms with E-state index in [0.717, 1.165) is 17.0 Å². The zero-order valence-corrected chi connectivity index (χ0v) is 27.0. The van der Waals surface area contributed by atoms with Crippen molar-refractivity contribution in [2.24, 2.45) is 5.73 Å². The van der Waals surface area contributed by atoms with Crippen molar-refractivity contribution in [2.45, 2.75) is 117 Å². The molecule has 0 atom stereocenters. The van der Waals surface area contributed by atoms with E-state index < -0.39 is 0 Å². The molecule has 2 heteroatoms. The van der Waals surface area contributed by atoms with Gasteiger partial charge >= 0.3 is 0 Å². The van der Waals surface area contributed by atoms with Gasteiger partial charge in [-0.3, -0.25) is 4.98 Å². The predicted octanol–water partition coefficient (Wildman–Crippen LogP) is 11.3. The Morgan fingerprint density at radius 1 is 0.829 bits per heavy atom. The summed E-state index contributed by atoms with van der Waals surface area (Å²) in [5.41, 5.74) is 12.7. The van der Waals surface area contributed by atoms with Gasteiger partial charge in [-0.2, -0.15) is 0 Å². The van der Waals surface area contributed by atoms with Gasteiger partial charge in [0.1, 0.15) is 0 Å². The average Bonchev–Trinajstić information content (AvgIpc) is 2.86. The molecule has 0 fully saturated rings. The van der Waals surface area contributed by atoms with Gasteiger partial charge in [-0.05, 0) is 91.1 Å². The van der Waals surface area contributed by atoms with Gasteiger partial charge in [0.25, 0.3) is 0 Å². The third-order valence-electron chi connectivity index (χ3n) is 3.56. The van der Waals surface area contributed by atoms with Crippen LogP contribution in [-0.4, -0.2) is 12.0 Å². The van der Waals surface area contributed by atoms with E-state index in [9.17, 15) is 0 Å². The van der Waals surface area contributed by atoms with Crippen LogP contribution in [0.1, 0.15) is 132 Å². The van der Waals surface area contributed by atoms with E-state index in [2.05, 4.69) is 65.7 Å². The summed E-state index contributed by atoms with van der Waals surface area (Å²) in [7, 11) is 1.50. The molecule has 0 radical (unpaired) electrons. The highest BCUT2D eigenvalue weighted by atomic mass is 14.7. The van der Waals surface area contributed by atoms with Crippen LogP contribution in [0.15, 0.2) is 55.2 Å². The van der Waals surface area contributed by atoms with Gasteiger partial charge in [0.2, 0.25) is 0 Å². The quantitative estimate of drug-likeness (QED) is 0.338. The van der Waals surface area contributed by atoms with Crippen molar-refractivity contribution in [1.29, 1.82) is 0 Å². The Labute approximate surface area is 223 Å². The molecule has 2 N–H and O–H groups in total. The lowest BCUT2D eigenvalue weighted by atomic mass is 9.91. The van der Waals surface area contributed by atoms with Crippen LogP contribution in [0.3, 0.4) is 0 Å². The minimum absolute atomic E-state index is 0.466. The molecule has 1 aromatic heterocycles. The second-order valence-corrected chi connectivity index (χ2v) is 7.24. The molecule has 35 heavy (non-hydrogen) atoms. The highest BCUT2D eigenvalue weighted by Crippen LogP contribution is 2.29. The van der Waals surface area contributed by atoms with E-state index in [0.29, 0.717) is 5.92 Å². The summed E-state index contributed by atoms with van der Waals surface area (Å²) in [6.45, 7) is 40.3. The van der Waals surface area contributed by atoms with Crippen molar-refractivity contribution < 1.29 is 0 Å². The first-order valence-corrected chi connectivity index (χ1v) is 13.3. The maximum absolute atomic E-state index is 4.75. The van der Waals surface area contributed by atoms with Gasteiger partial charge in [-0.15, -0.1) is 6.58 Å². The third-order valence-corrected chi connectivity index (χ3v) is 3.56. The number of hydrogen-bond acceptors (Lipinski definition) is 2. The Bertz CT molecular complexity index is 679. The van der Waals surface area contributed by atoms with E-state index in [1.807, 2.05) is 100 Å². The molecule has 206 valence electrons. The molecule has 0 spiro atoms. The summed E-state index contributed by atoms with van der Waals surface area (Å²) in [5.74, 6) is 0.466. The minimum atomic E-state index is 0.466. The standard InChI is InChI=1S/C18H25N.2C4H8.3C2H6.CH5N/c1-8-9-10-14(6)17-11-16(12(2)3)18(13(4)5)15(7)19-17;1-4(2)3;1-3-4-2;4*1-2/h8-11,13H,2H2,1,3-7H3;1H2,2-3H3;3-4H,1-2H3;3*1-2H3;2H2,1H3/b9-8-,14-10+;;4-3-;;;;. The maximum Gasteiger partial charge on any atom is 0.0668 e. The van der Waals surface area contributed by atoms with Crippen LogP contribution in [0, 0.1) is 6.92 Å². The fraction of sp³-hybridized carbons (Fsp3) is 0.545. The maximum atomic E-state index is 4.75. The van der Waals surface area contributed by atoms with Gasteiger partial charge < -0.3 is 5.73 Å². The number of allylic oxidation sites excluding steroid dienone is 8. The minimum Gasteiger partial charge on any atom is -0.333 e. The Morgan fingerprint density at radius 2 is 1.20 bits per heavy atom. The molecule has 0 aliphatic carbocycles. The summed E-state index contributed by atoms with van der Waals surface area (Å²) >= 11 is 0. The van der Waals surface area contributed by atoms with E-state index in [4.69, 9.17) is 4.98 Å². The predicted molar refractivity (Wildman–Crippen MR) is 171 cm³/mol. The summed E-state index contributed by atoms with van der Waals surface area (Å²) in [6.07, 6.45) is 10.2. The van der Waals surface area contributed by atoms with E-state index in [-0.39, 0.29) is 0 Å². The zero-order valence-electron chi connectivity index (χ0n) is 27.0. The lowest BCUT2D eigenvalue weighted by molar-refractivity contribution is 0.836. The molecule has 2 nitrogen and oxygen atoms in total. The van der Waals surface area contributed by atoms with Crippen LogP contribution in [0.2, 0.25) is 0 Å². The molecule has 0 saturated carbocycles. The number of rotatable bonds is 4. The van der Waals surface area contributed by atoms with E-state index >= 15 is 0 Å². The van der Waals surface area contributed by atoms with Crippen molar-refractivity contribution in [3.05, 3.63) is 77.7 Å². The lowest BCUT2D eigenvalue weighted by Crippen LogP contribution is -2.03. The molecular weight excluding hydrogens is 424 g/mol. The molecule has 1 aromatic rings. The van der Waals surface area contributed by atoms with Gasteiger partial charge in [-0.25, -0.2) is 0 Å². The number of aromatic nitrogens is 1.